The second-order valence-corrected chi connectivity index (χ2v) is 6.54. The molecule has 0 aliphatic heterocycles. The molecule has 0 bridgehead atoms. The van der Waals surface area contributed by atoms with Crippen molar-refractivity contribution in [1.82, 2.24) is 19.5 Å². The van der Waals surface area contributed by atoms with Gasteiger partial charge in [-0.3, -0.25) is 4.79 Å². The van der Waals surface area contributed by atoms with Crippen LogP contribution in [-0.4, -0.2) is 38.9 Å². The van der Waals surface area contributed by atoms with Gasteiger partial charge in [0.2, 0.25) is 5.89 Å². The fourth-order valence-corrected chi connectivity index (χ4v) is 3.23. The van der Waals surface area contributed by atoms with Crippen LogP contribution in [0.3, 0.4) is 0 Å². The largest absolute Gasteiger partial charge is 0.418 e. The van der Waals surface area contributed by atoms with Gasteiger partial charge in [0.15, 0.2) is 17.1 Å². The van der Waals surface area contributed by atoms with Crippen LogP contribution in [0.25, 0.3) is 33.7 Å². The topological polar surface area (TPSA) is 138 Å². The van der Waals surface area contributed by atoms with Crippen molar-refractivity contribution < 1.29 is 9.21 Å². The number of rotatable bonds is 6. The average molecular weight is 379 g/mol. The van der Waals surface area contributed by atoms with Crippen LogP contribution in [0.2, 0.25) is 0 Å². The third kappa shape index (κ3) is 2.90. The lowest BCUT2D eigenvalue weighted by Crippen LogP contribution is -2.23. The Bertz CT molecular complexity index is 1180. The fourth-order valence-electron chi connectivity index (χ4n) is 3.23. The molecule has 3 aromatic heterocycles. The quantitative estimate of drug-likeness (QED) is 0.460. The molecule has 9 nitrogen and oxygen atoms in total. The van der Waals surface area contributed by atoms with E-state index in [2.05, 4.69) is 20.3 Å². The number of aryl methyl sites for hydroxylation is 1. The number of anilines is 1. The van der Waals surface area contributed by atoms with E-state index in [0.29, 0.717) is 34.1 Å². The van der Waals surface area contributed by atoms with Gasteiger partial charge in [0.05, 0.1) is 12.4 Å². The first-order valence-electron chi connectivity index (χ1n) is 8.91. The second-order valence-electron chi connectivity index (χ2n) is 6.54. The van der Waals surface area contributed by atoms with Crippen LogP contribution in [0.4, 0.5) is 5.82 Å². The minimum Gasteiger partial charge on any atom is -0.418 e. The number of pyridine rings is 1. The standard InChI is InChI=1S/C19H21N7O2/c1-22-17-14-16(26(2)9-23-14)15-19(25-17)28-18(24-15)11-5-3-4-10(8-11)13(21)12(27)6-7-20/h3-5,8-9,13H,6-7,20-21H2,1-2H3,(H,22,25)/t13-/m1/s1. The lowest BCUT2D eigenvalue weighted by Gasteiger charge is -2.11. The molecular weight excluding hydrogens is 358 g/mol. The van der Waals surface area contributed by atoms with E-state index in [9.17, 15) is 4.79 Å². The van der Waals surface area contributed by atoms with Crippen molar-refractivity contribution >= 4 is 33.9 Å². The molecule has 3 heterocycles. The summed E-state index contributed by atoms with van der Waals surface area (Å²) >= 11 is 0. The number of nitrogens with one attached hydrogen (secondary N) is 1. The Balaban J connectivity index is 1.82. The normalized spacial score (nSPS) is 12.6. The van der Waals surface area contributed by atoms with E-state index in [1.165, 1.54) is 0 Å². The summed E-state index contributed by atoms with van der Waals surface area (Å²) in [5, 5.41) is 3.03. The minimum atomic E-state index is -0.731. The number of oxazole rings is 1. The summed E-state index contributed by atoms with van der Waals surface area (Å²) in [7, 11) is 3.67. The summed E-state index contributed by atoms with van der Waals surface area (Å²) in [6.45, 7) is 0.275. The SMILES string of the molecule is CNc1nc2oc(-c3cccc([C@@H](N)C(=O)CCN)c3)nc2c2c1ncn2C. The number of benzene rings is 1. The van der Waals surface area contributed by atoms with Crippen molar-refractivity contribution in [3.8, 4) is 11.5 Å². The third-order valence-corrected chi connectivity index (χ3v) is 4.68. The smallest absolute Gasteiger partial charge is 0.251 e. The lowest BCUT2D eigenvalue weighted by atomic mass is 9.99. The van der Waals surface area contributed by atoms with Gasteiger partial charge in [-0.05, 0) is 24.2 Å². The third-order valence-electron chi connectivity index (χ3n) is 4.68. The van der Waals surface area contributed by atoms with Gasteiger partial charge in [-0.2, -0.15) is 4.98 Å². The molecule has 144 valence electrons. The molecule has 28 heavy (non-hydrogen) atoms. The highest BCUT2D eigenvalue weighted by molar-refractivity contribution is 6.03. The maximum Gasteiger partial charge on any atom is 0.251 e. The van der Waals surface area contributed by atoms with E-state index in [4.69, 9.17) is 15.9 Å². The van der Waals surface area contributed by atoms with Crippen LogP contribution in [0.15, 0.2) is 35.0 Å². The number of nitrogens with zero attached hydrogens (tertiary/aromatic N) is 4. The number of carbonyl (C=O) groups excluding carboxylic acids is 1. The first kappa shape index (κ1) is 18.1. The average Bonchev–Trinajstić information content (AvgIpc) is 3.30. The molecule has 0 amide bonds. The van der Waals surface area contributed by atoms with E-state index in [0.717, 1.165) is 11.0 Å². The highest BCUT2D eigenvalue weighted by atomic mass is 16.4. The van der Waals surface area contributed by atoms with Gasteiger partial charge in [-0.15, -0.1) is 0 Å². The molecule has 0 spiro atoms. The van der Waals surface area contributed by atoms with Crippen LogP contribution < -0.4 is 16.8 Å². The number of hydrogen-bond donors (Lipinski definition) is 3. The predicted octanol–water partition coefficient (Wildman–Crippen LogP) is 1.74. The van der Waals surface area contributed by atoms with Crippen LogP contribution >= 0.6 is 0 Å². The van der Waals surface area contributed by atoms with Crippen molar-refractivity contribution in [2.24, 2.45) is 18.5 Å². The number of nitrogens with two attached hydrogens (primary N) is 2. The number of hydrogen-bond acceptors (Lipinski definition) is 8. The van der Waals surface area contributed by atoms with Crippen molar-refractivity contribution in [2.75, 3.05) is 18.9 Å². The first-order valence-corrected chi connectivity index (χ1v) is 8.91. The molecule has 4 rings (SSSR count). The van der Waals surface area contributed by atoms with Gasteiger partial charge >= 0.3 is 0 Å². The van der Waals surface area contributed by atoms with Crippen LogP contribution in [0, 0.1) is 0 Å². The number of ketones is 1. The Labute approximate surface area is 160 Å². The van der Waals surface area contributed by atoms with Gasteiger partial charge < -0.3 is 25.8 Å². The Morgan fingerprint density at radius 2 is 2.14 bits per heavy atom. The summed E-state index contributed by atoms with van der Waals surface area (Å²) in [6.07, 6.45) is 1.95. The van der Waals surface area contributed by atoms with Crippen molar-refractivity contribution in [1.29, 1.82) is 0 Å². The number of fused-ring (bicyclic) bond motifs is 3. The molecule has 0 aliphatic rings. The summed E-state index contributed by atoms with van der Waals surface area (Å²) in [5.74, 6) is 0.918. The van der Waals surface area contributed by atoms with Crippen LogP contribution in [-0.2, 0) is 11.8 Å². The van der Waals surface area contributed by atoms with Crippen LogP contribution in [0.1, 0.15) is 18.0 Å². The van der Waals surface area contributed by atoms with Crippen molar-refractivity contribution in [2.45, 2.75) is 12.5 Å². The molecule has 9 heteroatoms. The summed E-state index contributed by atoms with van der Waals surface area (Å²) in [6, 6.07) is 6.56. The maximum atomic E-state index is 12.1. The van der Waals surface area contributed by atoms with Gasteiger partial charge in [0.25, 0.3) is 5.71 Å². The Kier molecular flexibility index (Phi) is 4.54. The van der Waals surface area contributed by atoms with E-state index < -0.39 is 6.04 Å². The highest BCUT2D eigenvalue weighted by Crippen LogP contribution is 2.31. The summed E-state index contributed by atoms with van der Waals surface area (Å²) in [4.78, 5) is 25.6. The predicted molar refractivity (Wildman–Crippen MR) is 107 cm³/mol. The molecule has 0 fully saturated rings. The molecule has 1 atom stereocenters. The summed E-state index contributed by atoms with van der Waals surface area (Å²) in [5.41, 5.74) is 15.5. The van der Waals surface area contributed by atoms with E-state index in [1.54, 1.807) is 13.4 Å². The Morgan fingerprint density at radius 3 is 2.89 bits per heavy atom. The van der Waals surface area contributed by atoms with E-state index in [1.807, 2.05) is 35.9 Å². The summed E-state index contributed by atoms with van der Waals surface area (Å²) < 4.78 is 7.80. The molecule has 0 saturated carbocycles. The van der Waals surface area contributed by atoms with Crippen molar-refractivity contribution in [3.63, 3.8) is 0 Å². The monoisotopic (exact) mass is 379 g/mol. The highest BCUT2D eigenvalue weighted by Gasteiger charge is 2.20. The number of aromatic nitrogens is 4. The Morgan fingerprint density at radius 1 is 1.32 bits per heavy atom. The number of Topliss-reactive ketones (excluding diaryl/α,β-unsaturated/α-hetero) is 1. The zero-order chi connectivity index (χ0) is 19.8. The maximum absolute atomic E-state index is 12.1. The number of imidazole rings is 1. The van der Waals surface area contributed by atoms with E-state index >= 15 is 0 Å². The molecule has 0 unspecified atom stereocenters. The molecule has 0 radical (unpaired) electrons. The van der Waals surface area contributed by atoms with Crippen molar-refractivity contribution in [3.05, 3.63) is 36.2 Å². The molecular formula is C19H21N7O2. The van der Waals surface area contributed by atoms with Crippen LogP contribution in [0.5, 0.6) is 0 Å². The van der Waals surface area contributed by atoms with Gasteiger partial charge in [0, 0.05) is 26.1 Å². The van der Waals surface area contributed by atoms with Gasteiger partial charge in [-0.1, -0.05) is 12.1 Å². The molecule has 4 aromatic rings. The van der Waals surface area contributed by atoms with Gasteiger partial charge in [-0.25, -0.2) is 9.97 Å². The minimum absolute atomic E-state index is 0.103. The lowest BCUT2D eigenvalue weighted by molar-refractivity contribution is -0.120. The van der Waals surface area contributed by atoms with Gasteiger partial charge in [0.1, 0.15) is 11.0 Å². The zero-order valence-corrected chi connectivity index (χ0v) is 15.6. The fraction of sp³-hybridized carbons (Fsp3) is 0.263. The van der Waals surface area contributed by atoms with E-state index in [-0.39, 0.29) is 18.7 Å². The Hall–Kier alpha value is -3.30. The molecule has 0 saturated heterocycles. The zero-order valence-electron chi connectivity index (χ0n) is 15.6. The molecule has 1 aromatic carbocycles. The molecule has 0 aliphatic carbocycles. The molecule has 5 N–H and O–H groups in total. The number of carbonyl (C=O) groups is 1. The second kappa shape index (κ2) is 7.02. The first-order chi connectivity index (χ1) is 13.5.